The molecule has 2 rings (SSSR count). The van der Waals surface area contributed by atoms with E-state index in [1.165, 1.54) is 4.31 Å². The Morgan fingerprint density at radius 2 is 1.83 bits per heavy atom. The van der Waals surface area contributed by atoms with E-state index in [4.69, 9.17) is 21.1 Å². The molecule has 2 aromatic carbocycles. The lowest BCUT2D eigenvalue weighted by atomic mass is 10.2. The zero-order chi connectivity index (χ0) is 21.4. The molecule has 0 bridgehead atoms. The van der Waals surface area contributed by atoms with Gasteiger partial charge in [0.25, 0.3) is 5.91 Å². The molecule has 0 saturated heterocycles. The van der Waals surface area contributed by atoms with Gasteiger partial charge in [-0.3, -0.25) is 9.10 Å². The van der Waals surface area contributed by atoms with Gasteiger partial charge in [0.05, 0.1) is 25.1 Å². The number of nitrogens with zero attached hydrogens (tertiary/aromatic N) is 1. The van der Waals surface area contributed by atoms with E-state index in [1.54, 1.807) is 55.6 Å². The number of sulfonamides is 1. The van der Waals surface area contributed by atoms with Gasteiger partial charge in [-0.25, -0.2) is 8.42 Å². The molecule has 0 spiro atoms. The average molecular weight is 441 g/mol. The summed E-state index contributed by atoms with van der Waals surface area (Å²) in [6.07, 6.45) is 1.14. The number of ether oxygens (including phenoxy) is 2. The summed E-state index contributed by atoms with van der Waals surface area (Å²) in [6.45, 7) is 2.20. The molecular weight excluding hydrogens is 416 g/mol. The Balaban J connectivity index is 2.06. The van der Waals surface area contributed by atoms with Crippen molar-refractivity contribution in [3.8, 4) is 5.75 Å². The second-order valence-electron chi connectivity index (χ2n) is 6.57. The first-order chi connectivity index (χ1) is 13.7. The van der Waals surface area contributed by atoms with Gasteiger partial charge in [-0.15, -0.1) is 0 Å². The maximum absolute atomic E-state index is 12.3. The quantitative estimate of drug-likeness (QED) is 0.614. The number of amides is 1. The fraction of sp³-hybridized carbons (Fsp3) is 0.350. The van der Waals surface area contributed by atoms with Gasteiger partial charge in [0.1, 0.15) is 5.75 Å². The third kappa shape index (κ3) is 7.23. The van der Waals surface area contributed by atoms with Crippen molar-refractivity contribution in [1.29, 1.82) is 0 Å². The molecule has 7 nitrogen and oxygen atoms in total. The summed E-state index contributed by atoms with van der Waals surface area (Å²) < 4.78 is 36.3. The molecule has 0 fully saturated rings. The molecule has 0 aromatic heterocycles. The van der Waals surface area contributed by atoms with E-state index < -0.39 is 10.0 Å². The lowest BCUT2D eigenvalue weighted by Crippen LogP contribution is -2.38. The molecular formula is C20H25ClN2O5S. The maximum atomic E-state index is 12.3. The Kier molecular flexibility index (Phi) is 8.31. The van der Waals surface area contributed by atoms with Crippen LogP contribution in [0.2, 0.25) is 5.02 Å². The number of carbonyl (C=O) groups excluding carboxylic acids is 1. The first-order valence-corrected chi connectivity index (χ1v) is 11.2. The number of nitrogens with one attached hydrogen (secondary N) is 1. The molecule has 0 radical (unpaired) electrons. The van der Waals surface area contributed by atoms with Crippen LogP contribution in [0.15, 0.2) is 48.5 Å². The summed E-state index contributed by atoms with van der Waals surface area (Å²) in [7, 11) is -1.97. The highest BCUT2D eigenvalue weighted by Crippen LogP contribution is 2.26. The Bertz CT molecular complexity index is 919. The van der Waals surface area contributed by atoms with E-state index in [0.717, 1.165) is 6.26 Å². The molecule has 0 unspecified atom stereocenters. The molecule has 0 heterocycles. The Hall–Kier alpha value is -2.29. The van der Waals surface area contributed by atoms with Crippen molar-refractivity contribution in [2.75, 3.05) is 30.9 Å². The van der Waals surface area contributed by atoms with Gasteiger partial charge >= 0.3 is 0 Å². The molecule has 1 atom stereocenters. The predicted octanol–water partition coefficient (Wildman–Crippen LogP) is 2.84. The smallest absolute Gasteiger partial charge is 0.258 e. The van der Waals surface area contributed by atoms with Crippen LogP contribution < -0.4 is 14.4 Å². The van der Waals surface area contributed by atoms with Crippen molar-refractivity contribution in [3.63, 3.8) is 0 Å². The SMILES string of the molecule is COC[C@@H](C)NC(=O)COc1ccc(N(Cc2ccccc2Cl)S(C)(=O)=O)cc1. The van der Waals surface area contributed by atoms with E-state index in [0.29, 0.717) is 28.6 Å². The van der Waals surface area contributed by atoms with Gasteiger partial charge in [-0.1, -0.05) is 29.8 Å². The average Bonchev–Trinajstić information content (AvgIpc) is 2.65. The summed E-state index contributed by atoms with van der Waals surface area (Å²) >= 11 is 6.17. The fourth-order valence-electron chi connectivity index (χ4n) is 2.65. The van der Waals surface area contributed by atoms with Crippen LogP contribution in [0.4, 0.5) is 5.69 Å². The third-order valence-electron chi connectivity index (χ3n) is 3.99. The first kappa shape index (κ1) is 23.0. The van der Waals surface area contributed by atoms with Crippen LogP contribution in [0, 0.1) is 0 Å². The number of methoxy groups -OCH3 is 1. The maximum Gasteiger partial charge on any atom is 0.258 e. The topological polar surface area (TPSA) is 84.9 Å². The number of hydrogen-bond acceptors (Lipinski definition) is 5. The standard InChI is InChI=1S/C20H25ClN2O5S/c1-15(13-27-2)22-20(24)14-28-18-10-8-17(9-11-18)23(29(3,25)26)12-16-6-4-5-7-19(16)21/h4-11,15H,12-14H2,1-3H3,(H,22,24)/t15-/m1/s1. The van der Waals surface area contributed by atoms with Crippen LogP contribution in [0.25, 0.3) is 0 Å². The van der Waals surface area contributed by atoms with Crippen LogP contribution in [0.3, 0.4) is 0 Å². The summed E-state index contributed by atoms with van der Waals surface area (Å²) in [4.78, 5) is 11.9. The Labute approximate surface area is 176 Å². The van der Waals surface area contributed by atoms with Gasteiger partial charge in [0.2, 0.25) is 10.0 Å². The number of halogens is 1. The number of hydrogen-bond donors (Lipinski definition) is 1. The number of rotatable bonds is 10. The van der Waals surface area contributed by atoms with Crippen LogP contribution >= 0.6 is 11.6 Å². The Morgan fingerprint density at radius 3 is 2.41 bits per heavy atom. The number of carbonyl (C=O) groups is 1. The monoisotopic (exact) mass is 440 g/mol. The summed E-state index contributed by atoms with van der Waals surface area (Å²) in [5, 5.41) is 3.24. The summed E-state index contributed by atoms with van der Waals surface area (Å²) in [5.74, 6) is 0.185. The van der Waals surface area contributed by atoms with E-state index in [2.05, 4.69) is 5.32 Å². The molecule has 9 heteroatoms. The molecule has 0 aliphatic carbocycles. The van der Waals surface area contributed by atoms with Crippen LogP contribution in [-0.2, 0) is 26.1 Å². The molecule has 2 aromatic rings. The predicted molar refractivity (Wildman–Crippen MR) is 114 cm³/mol. The second kappa shape index (κ2) is 10.5. The Morgan fingerprint density at radius 1 is 1.17 bits per heavy atom. The van der Waals surface area contributed by atoms with E-state index in [-0.39, 0.29) is 25.1 Å². The normalized spacial score (nSPS) is 12.3. The van der Waals surface area contributed by atoms with Crippen molar-refractivity contribution in [2.45, 2.75) is 19.5 Å². The van der Waals surface area contributed by atoms with Gasteiger partial charge in [-0.05, 0) is 42.8 Å². The second-order valence-corrected chi connectivity index (χ2v) is 8.88. The van der Waals surface area contributed by atoms with Gasteiger partial charge in [0.15, 0.2) is 6.61 Å². The zero-order valence-corrected chi connectivity index (χ0v) is 18.2. The fourth-order valence-corrected chi connectivity index (χ4v) is 3.72. The zero-order valence-electron chi connectivity index (χ0n) is 16.6. The molecule has 1 amide bonds. The molecule has 1 N–H and O–H groups in total. The minimum atomic E-state index is -3.53. The highest BCUT2D eigenvalue weighted by Gasteiger charge is 2.19. The lowest BCUT2D eigenvalue weighted by molar-refractivity contribution is -0.124. The van der Waals surface area contributed by atoms with Crippen LogP contribution in [-0.4, -0.2) is 46.9 Å². The van der Waals surface area contributed by atoms with E-state index >= 15 is 0 Å². The van der Waals surface area contributed by atoms with Crippen LogP contribution in [0.5, 0.6) is 5.75 Å². The van der Waals surface area contributed by atoms with Crippen LogP contribution in [0.1, 0.15) is 12.5 Å². The summed E-state index contributed by atoms with van der Waals surface area (Å²) in [5.41, 5.74) is 1.17. The van der Waals surface area contributed by atoms with Crippen molar-refractivity contribution >= 4 is 33.2 Å². The first-order valence-electron chi connectivity index (χ1n) is 8.93. The highest BCUT2D eigenvalue weighted by atomic mass is 35.5. The van der Waals surface area contributed by atoms with Gasteiger partial charge < -0.3 is 14.8 Å². The minimum Gasteiger partial charge on any atom is -0.484 e. The lowest BCUT2D eigenvalue weighted by Gasteiger charge is -2.23. The molecule has 0 aliphatic heterocycles. The van der Waals surface area contributed by atoms with Crippen molar-refractivity contribution in [1.82, 2.24) is 5.32 Å². The number of benzene rings is 2. The van der Waals surface area contributed by atoms with Crippen molar-refractivity contribution < 1.29 is 22.7 Å². The largest absolute Gasteiger partial charge is 0.484 e. The van der Waals surface area contributed by atoms with E-state index in [9.17, 15) is 13.2 Å². The van der Waals surface area contributed by atoms with E-state index in [1.807, 2.05) is 6.92 Å². The molecule has 0 aliphatic rings. The molecule has 0 saturated carbocycles. The minimum absolute atomic E-state index is 0.110. The van der Waals surface area contributed by atoms with Gasteiger partial charge in [0, 0.05) is 18.2 Å². The van der Waals surface area contributed by atoms with Crippen molar-refractivity contribution in [2.24, 2.45) is 0 Å². The third-order valence-corrected chi connectivity index (χ3v) is 5.50. The van der Waals surface area contributed by atoms with Crippen molar-refractivity contribution in [3.05, 3.63) is 59.1 Å². The molecule has 158 valence electrons. The number of anilines is 1. The molecule has 29 heavy (non-hydrogen) atoms. The van der Waals surface area contributed by atoms with Gasteiger partial charge in [-0.2, -0.15) is 0 Å². The summed E-state index contributed by atoms with van der Waals surface area (Å²) in [6, 6.07) is 13.4. The highest BCUT2D eigenvalue weighted by molar-refractivity contribution is 7.92.